The zero-order chi connectivity index (χ0) is 85.6. The van der Waals surface area contributed by atoms with Gasteiger partial charge in [-0.05, 0) is 131 Å². The van der Waals surface area contributed by atoms with E-state index in [9.17, 15) is 21.0 Å². The molecule has 0 N–H and O–H groups in total. The minimum absolute atomic E-state index is 0.00665. The maximum atomic E-state index is 10.2. The molecule has 0 saturated heterocycles. The zero-order valence-electron chi connectivity index (χ0n) is 74.0. The second-order valence-corrected chi connectivity index (χ2v) is 66.8. The highest BCUT2D eigenvalue weighted by Gasteiger charge is 2.45. The van der Waals surface area contributed by atoms with E-state index in [1.165, 1.54) is 103 Å². The Morgan fingerprint density at radius 3 is 0.841 bits per heavy atom. The molecule has 6 unspecified atom stereocenters. The lowest BCUT2D eigenvalue weighted by Crippen LogP contribution is -2.35. The van der Waals surface area contributed by atoms with E-state index in [2.05, 4.69) is 220 Å². The van der Waals surface area contributed by atoms with E-state index in [0.717, 1.165) is 135 Å². The fourth-order valence-corrected chi connectivity index (χ4v) is 87.0. The molecule has 8 saturated carbocycles. The average Bonchev–Trinajstić information content (AvgIpc) is 1.14. The first-order valence-corrected chi connectivity index (χ1v) is 62.8. The summed E-state index contributed by atoms with van der Waals surface area (Å²) >= 11 is 0. The fourth-order valence-electron chi connectivity index (χ4n) is 17.1. The molecule has 0 aromatic carbocycles. The highest BCUT2D eigenvalue weighted by Crippen LogP contribution is 3.04. The summed E-state index contributed by atoms with van der Waals surface area (Å²) < 4.78 is 14.7. The summed E-state index contributed by atoms with van der Waals surface area (Å²) in [6.07, 6.45) is 46.7. The van der Waals surface area contributed by atoms with Crippen molar-refractivity contribution in [2.45, 2.75) is 354 Å². The van der Waals surface area contributed by atoms with Crippen molar-refractivity contribution in [3.63, 3.8) is 0 Å². The van der Waals surface area contributed by atoms with Gasteiger partial charge in [0.25, 0.3) is 22.8 Å². The second kappa shape index (κ2) is 71.0. The Hall–Kier alpha value is -1.65. The van der Waals surface area contributed by atoms with Gasteiger partial charge < -0.3 is 0 Å². The van der Waals surface area contributed by atoms with Gasteiger partial charge >= 0.3 is 0 Å². The molecular formula is C88H159N14P11. The largest absolute Gasteiger partial charge is 0.272 e. The van der Waals surface area contributed by atoms with Crippen LogP contribution in [0.4, 0.5) is 0 Å². The number of nitriles is 4. The number of nitrogens with zero attached hydrogens (tertiary/aromatic N) is 14. The minimum atomic E-state index is -2.77. The van der Waals surface area contributed by atoms with Crippen molar-refractivity contribution in [2.24, 2.45) is 45.2 Å². The van der Waals surface area contributed by atoms with Crippen LogP contribution in [0, 0.1) is 107 Å². The van der Waals surface area contributed by atoms with Gasteiger partial charge in [-0.1, -0.05) is 305 Å². The SMILES string of the molecule is C1CCC(C2CCCC2)C1.C1CCC(C2CCCC2)C1.C=C=NC1CCCC1.CCC.CCC.CCC.CCC.PPP(P(P)P)P(P)P.[C-]#[N+]/C(C#N)=C(/C(=C(/C#N)[N+]#[C-])P(=NC1CCCC1)(N(CC)CC)N(CC)CC)C1CCCC1.[C-]#[N+]/C(C#N)=C(\C(=C(/C#N)[N+]#[C-])P(=C=C)(N(CC)CC)N(CC)CC)C1CCCC1. The summed E-state index contributed by atoms with van der Waals surface area (Å²) in [7, 11) is 10.2. The number of allylic oxidation sites excluding steroid dienone is 8. The van der Waals surface area contributed by atoms with Crippen LogP contribution in [0.1, 0.15) is 342 Å². The molecule has 636 valence electrons. The van der Waals surface area contributed by atoms with Crippen molar-refractivity contribution >= 4 is 99.4 Å². The van der Waals surface area contributed by atoms with Crippen LogP contribution in [0.15, 0.2) is 67.5 Å². The highest BCUT2D eigenvalue weighted by atomic mass is 33.2. The normalized spacial score (nSPS) is 18.3. The monoisotopic (exact) mass is 1750 g/mol. The van der Waals surface area contributed by atoms with Gasteiger partial charge in [0.1, 0.15) is 7.36 Å². The summed E-state index contributed by atoms with van der Waals surface area (Å²) in [5.74, 6) is 7.21. The summed E-state index contributed by atoms with van der Waals surface area (Å²) in [6.45, 7) is 78.6. The molecule has 0 radical (unpaired) electrons. The average molecular weight is 1750 g/mol. The van der Waals surface area contributed by atoms with Crippen LogP contribution in [0.5, 0.6) is 0 Å². The molecule has 0 aromatic rings. The first-order valence-electron chi connectivity index (χ1n) is 43.9. The van der Waals surface area contributed by atoms with Crippen LogP contribution in [-0.4, -0.2) is 94.4 Å². The molecular weight excluding hydrogens is 1590 g/mol. The molecule has 25 heteroatoms. The van der Waals surface area contributed by atoms with E-state index in [1.807, 2.05) is 27.7 Å². The zero-order valence-corrected chi connectivity index (χ0v) is 85.3. The van der Waals surface area contributed by atoms with Gasteiger partial charge in [0.05, 0.1) is 69.8 Å². The minimum Gasteiger partial charge on any atom is -0.267 e. The van der Waals surface area contributed by atoms with Gasteiger partial charge in [-0.3, -0.25) is 23.4 Å². The van der Waals surface area contributed by atoms with Crippen LogP contribution >= 0.6 is 88.1 Å². The van der Waals surface area contributed by atoms with Crippen molar-refractivity contribution in [3.8, 4) is 24.3 Å². The number of rotatable bonds is 25. The summed E-state index contributed by atoms with van der Waals surface area (Å²) in [4.78, 5) is 18.6. The van der Waals surface area contributed by atoms with Crippen LogP contribution in [0.3, 0.4) is 0 Å². The quantitative estimate of drug-likeness (QED) is 0.0288. The third-order valence-electron chi connectivity index (χ3n) is 22.0. The lowest BCUT2D eigenvalue weighted by molar-refractivity contribution is 0.347. The van der Waals surface area contributed by atoms with Gasteiger partial charge in [0, 0.05) is 63.0 Å². The molecule has 8 fully saturated rings. The third-order valence-corrected chi connectivity index (χ3v) is 74.9. The second-order valence-electron chi connectivity index (χ2n) is 30.1. The Morgan fingerprint density at radius 2 is 0.628 bits per heavy atom. The van der Waals surface area contributed by atoms with E-state index >= 15 is 0 Å². The standard InChI is InChI=1S/C26H38N7P.C23H31N6P.2C10H18.C7H11N.4C3H8.H11P9/c1-7-32(8-2)34(33(9-3)10-4,31-22-17-13-14-18-22)26(24(20-28)30-6)25(23(19-27)29-5)21-15-11-12-16-21;1-8-28(9-2)30(12-5,29(10-3)11-4)23(21(18-25)27-7)22(20(17-24)26-6)19-15-13-14-16-19;2*1-2-6-9(5-1)10-7-3-4-8-10;1-2-8-7-5-3-4-6-7;4*1-3-2;1-6-9(7(2)3)8(4)5/h21-22H,7-18H2,1-4H3;19H,5,8-11,13-16H2,1-4H3;2*9-10H,1-8H2;7H,1,3-6H2;4*3H2,1-2H3;6H,1-5H2/b25-23+,26-24+;22-20-,23-21-;;;;;;;;. The van der Waals surface area contributed by atoms with Crippen molar-refractivity contribution in [1.82, 2.24) is 18.7 Å². The molecule has 6 atom stereocenters. The van der Waals surface area contributed by atoms with Crippen LogP contribution in [0.25, 0.3) is 19.4 Å². The first kappa shape index (κ1) is 113. The van der Waals surface area contributed by atoms with Crippen molar-refractivity contribution in [2.75, 3.05) is 52.4 Å². The maximum absolute atomic E-state index is 10.2. The van der Waals surface area contributed by atoms with Crippen molar-refractivity contribution in [1.29, 1.82) is 21.0 Å². The Kier molecular flexibility index (Phi) is 71.2. The van der Waals surface area contributed by atoms with Crippen molar-refractivity contribution in [3.05, 3.63) is 103 Å². The Bertz CT molecular complexity index is 3100. The molecule has 0 spiro atoms. The third kappa shape index (κ3) is 38.5. The first-order chi connectivity index (χ1) is 54.6. The molecule has 0 amide bonds. The van der Waals surface area contributed by atoms with E-state index in [1.54, 1.807) is 51.4 Å². The lowest BCUT2D eigenvalue weighted by Gasteiger charge is -2.46. The predicted molar refractivity (Wildman–Crippen MR) is 526 cm³/mol. The molecule has 0 heterocycles. The molecule has 14 nitrogen and oxygen atoms in total. The van der Waals surface area contributed by atoms with Crippen molar-refractivity contribution < 1.29 is 0 Å². The lowest BCUT2D eigenvalue weighted by atomic mass is 9.90. The van der Waals surface area contributed by atoms with Gasteiger partial charge in [-0.2, -0.15) is 0 Å². The van der Waals surface area contributed by atoms with Gasteiger partial charge in [0.2, 0.25) is 0 Å². The number of hydrogen-bond donors (Lipinski definition) is 0. The van der Waals surface area contributed by atoms with E-state index in [0.29, 0.717) is 61.0 Å². The number of hydrogen-bond acceptors (Lipinski definition) is 8. The Morgan fingerprint density at radius 1 is 0.389 bits per heavy atom. The summed E-state index contributed by atoms with van der Waals surface area (Å²) in [5.41, 5.74) is 4.50. The molecule has 8 rings (SSSR count). The van der Waals surface area contributed by atoms with Crippen LogP contribution in [-0.2, 0) is 0 Å². The van der Waals surface area contributed by atoms with Crippen LogP contribution < -0.4 is 0 Å². The summed E-state index contributed by atoms with van der Waals surface area (Å²) in [6, 6.07) is 9.22. The smallest absolute Gasteiger partial charge is 0.267 e. The topological polar surface area (TPSA) is 150 Å². The van der Waals surface area contributed by atoms with E-state index in [4.69, 9.17) is 31.0 Å². The Balaban J connectivity index is 0. The van der Waals surface area contributed by atoms with E-state index < -0.39 is 14.5 Å². The highest BCUT2D eigenvalue weighted by molar-refractivity contribution is 9.10. The maximum Gasteiger partial charge on any atom is 0.272 e. The van der Waals surface area contributed by atoms with Crippen LogP contribution in [0.2, 0.25) is 0 Å². The molecule has 0 aromatic heterocycles. The van der Waals surface area contributed by atoms with Gasteiger partial charge in [0.15, 0.2) is 0 Å². The molecule has 8 aliphatic rings. The van der Waals surface area contributed by atoms with Gasteiger partial charge in [-0.25, -0.2) is 45.4 Å². The molecule has 8 aliphatic carbocycles. The molecule has 113 heavy (non-hydrogen) atoms. The summed E-state index contributed by atoms with van der Waals surface area (Å²) in [5, 5.41) is 41.2. The Labute approximate surface area is 713 Å². The van der Waals surface area contributed by atoms with Gasteiger partial charge in [-0.15, -0.1) is 50.1 Å². The molecule has 0 bridgehead atoms. The predicted octanol–water partition coefficient (Wildman–Crippen LogP) is 31.8. The fraction of sp³-hybridized carbons (Fsp3) is 0.773. The van der Waals surface area contributed by atoms with E-state index in [-0.39, 0.29) is 54.6 Å². The number of aliphatic imine (C=N–C) groups is 1. The molecule has 0 aliphatic heterocycles.